The van der Waals surface area contributed by atoms with E-state index in [-0.39, 0.29) is 11.9 Å². The van der Waals surface area contributed by atoms with Gasteiger partial charge in [-0.1, -0.05) is 0 Å². The topological polar surface area (TPSA) is 75.9 Å². The zero-order valence-corrected chi connectivity index (χ0v) is 14.4. The Kier molecular flexibility index (Phi) is 4.89. The molecule has 24 heavy (non-hydrogen) atoms. The van der Waals surface area contributed by atoms with Crippen molar-refractivity contribution in [3.05, 3.63) is 41.7 Å². The van der Waals surface area contributed by atoms with Gasteiger partial charge in [-0.2, -0.15) is 5.10 Å². The predicted octanol–water partition coefficient (Wildman–Crippen LogP) is 1.78. The Labute approximate surface area is 142 Å². The molecule has 0 saturated heterocycles. The van der Waals surface area contributed by atoms with Crippen molar-refractivity contribution in [2.24, 2.45) is 0 Å². The van der Waals surface area contributed by atoms with Gasteiger partial charge in [-0.3, -0.25) is 14.4 Å². The second-order valence-electron chi connectivity index (χ2n) is 6.49. The lowest BCUT2D eigenvalue weighted by Gasteiger charge is -2.23. The number of nitrogens with one attached hydrogen (secondary N) is 1. The summed E-state index contributed by atoms with van der Waals surface area (Å²) in [7, 11) is 0. The van der Waals surface area contributed by atoms with E-state index in [2.05, 4.69) is 39.1 Å². The van der Waals surface area contributed by atoms with Gasteiger partial charge in [0, 0.05) is 31.9 Å². The first kappa shape index (κ1) is 16.6. The van der Waals surface area contributed by atoms with Gasteiger partial charge in [-0.15, -0.1) is 0 Å². The molecule has 0 spiro atoms. The van der Waals surface area contributed by atoms with Crippen molar-refractivity contribution in [2.75, 3.05) is 6.54 Å². The van der Waals surface area contributed by atoms with Crippen LogP contribution in [0, 0.1) is 0 Å². The summed E-state index contributed by atoms with van der Waals surface area (Å²) >= 11 is 0. The lowest BCUT2D eigenvalue weighted by atomic mass is 10.2. The lowest BCUT2D eigenvalue weighted by Crippen LogP contribution is -2.30. The number of nitrogens with zero attached hydrogens (tertiary/aromatic N) is 5. The molecule has 1 atom stereocenters. The zero-order chi connectivity index (χ0) is 17.1. The van der Waals surface area contributed by atoms with Crippen molar-refractivity contribution in [3.8, 4) is 0 Å². The maximum absolute atomic E-state index is 12.5. The molecule has 7 nitrogen and oxygen atoms in total. The number of carbonyl (C=O) groups is 1. The van der Waals surface area contributed by atoms with Gasteiger partial charge in [0.15, 0.2) is 5.69 Å². The van der Waals surface area contributed by atoms with E-state index in [9.17, 15) is 4.79 Å². The van der Waals surface area contributed by atoms with Crippen LogP contribution in [0.1, 0.15) is 55.1 Å². The van der Waals surface area contributed by atoms with Crippen LogP contribution in [0.3, 0.4) is 0 Å². The highest BCUT2D eigenvalue weighted by molar-refractivity contribution is 5.92. The fourth-order valence-electron chi connectivity index (χ4n) is 2.94. The van der Waals surface area contributed by atoms with Crippen LogP contribution in [0.4, 0.5) is 0 Å². The molecule has 0 aromatic carbocycles. The summed E-state index contributed by atoms with van der Waals surface area (Å²) in [5.41, 5.74) is 2.35. The molecule has 0 unspecified atom stereocenters. The summed E-state index contributed by atoms with van der Waals surface area (Å²) < 4.78 is 1.96. The van der Waals surface area contributed by atoms with E-state index in [1.54, 1.807) is 12.3 Å². The molecule has 3 heterocycles. The molecule has 0 radical (unpaired) electrons. The molecule has 1 N–H and O–H groups in total. The number of rotatable bonds is 4. The number of hydrogen-bond acceptors (Lipinski definition) is 5. The van der Waals surface area contributed by atoms with Crippen LogP contribution >= 0.6 is 0 Å². The third-order valence-electron chi connectivity index (χ3n) is 4.40. The van der Waals surface area contributed by atoms with Gasteiger partial charge in [0.2, 0.25) is 0 Å². The summed E-state index contributed by atoms with van der Waals surface area (Å²) in [6.07, 6.45) is 4.20. The molecule has 3 rings (SSSR count). The summed E-state index contributed by atoms with van der Waals surface area (Å²) in [6, 6.07) is 4.01. The Bertz CT molecular complexity index is 696. The standard InChI is InChI=1S/C17H24N6O/c1-12(2)22-7-4-8-23-14(10-22)9-16(21-23)17(24)20-13(3)15-5-6-18-11-19-15/h5-6,9,11-13H,4,7-8,10H2,1-3H3,(H,20,24)/t13-/m0/s1. The molecule has 0 saturated carbocycles. The highest BCUT2D eigenvalue weighted by Gasteiger charge is 2.21. The van der Waals surface area contributed by atoms with Gasteiger partial charge in [-0.25, -0.2) is 9.97 Å². The number of amides is 1. The molecule has 2 aromatic heterocycles. The van der Waals surface area contributed by atoms with Crippen LogP contribution in [0.25, 0.3) is 0 Å². The molecule has 1 amide bonds. The average molecular weight is 328 g/mol. The molecule has 1 aliphatic rings. The lowest BCUT2D eigenvalue weighted by molar-refractivity contribution is 0.0933. The van der Waals surface area contributed by atoms with E-state index >= 15 is 0 Å². The Hall–Kier alpha value is -2.28. The number of hydrogen-bond donors (Lipinski definition) is 1. The van der Waals surface area contributed by atoms with Crippen LogP contribution < -0.4 is 5.32 Å². The minimum absolute atomic E-state index is 0.169. The normalized spacial score (nSPS) is 16.5. The van der Waals surface area contributed by atoms with Gasteiger partial charge in [-0.05, 0) is 39.3 Å². The Balaban J connectivity index is 1.72. The van der Waals surface area contributed by atoms with Crippen molar-refractivity contribution in [1.29, 1.82) is 0 Å². The summed E-state index contributed by atoms with van der Waals surface area (Å²) in [6.45, 7) is 9.05. The number of fused-ring (bicyclic) bond motifs is 1. The van der Waals surface area contributed by atoms with Crippen LogP contribution in [0.5, 0.6) is 0 Å². The monoisotopic (exact) mass is 328 g/mol. The molecular weight excluding hydrogens is 304 g/mol. The van der Waals surface area contributed by atoms with Crippen LogP contribution in [0.15, 0.2) is 24.7 Å². The Morgan fingerprint density at radius 3 is 2.83 bits per heavy atom. The second kappa shape index (κ2) is 7.09. The van der Waals surface area contributed by atoms with E-state index in [1.807, 2.05) is 17.7 Å². The van der Waals surface area contributed by atoms with E-state index in [0.29, 0.717) is 11.7 Å². The third kappa shape index (κ3) is 3.62. The van der Waals surface area contributed by atoms with Gasteiger partial charge < -0.3 is 5.32 Å². The van der Waals surface area contributed by atoms with Gasteiger partial charge in [0.1, 0.15) is 6.33 Å². The van der Waals surface area contributed by atoms with E-state index in [4.69, 9.17) is 0 Å². The molecular formula is C17H24N6O. The fraction of sp³-hybridized carbons (Fsp3) is 0.529. The molecule has 0 fully saturated rings. The molecule has 1 aliphatic heterocycles. The van der Waals surface area contributed by atoms with Gasteiger partial charge in [0.05, 0.1) is 17.4 Å². The summed E-state index contributed by atoms with van der Waals surface area (Å²) in [5, 5.41) is 7.45. The van der Waals surface area contributed by atoms with Gasteiger partial charge in [0.25, 0.3) is 5.91 Å². The molecule has 2 aromatic rings. The maximum atomic E-state index is 12.5. The molecule has 128 valence electrons. The first-order chi connectivity index (χ1) is 11.5. The van der Waals surface area contributed by atoms with Crippen molar-refractivity contribution in [3.63, 3.8) is 0 Å². The Morgan fingerprint density at radius 1 is 1.29 bits per heavy atom. The van der Waals surface area contributed by atoms with Crippen LogP contribution in [0.2, 0.25) is 0 Å². The predicted molar refractivity (Wildman–Crippen MR) is 90.3 cm³/mol. The summed E-state index contributed by atoms with van der Waals surface area (Å²) in [5.74, 6) is -0.169. The third-order valence-corrected chi connectivity index (χ3v) is 4.40. The van der Waals surface area contributed by atoms with Crippen LogP contribution in [-0.2, 0) is 13.1 Å². The van der Waals surface area contributed by atoms with Crippen molar-refractivity contribution in [1.82, 2.24) is 30.0 Å². The fourth-order valence-corrected chi connectivity index (χ4v) is 2.94. The first-order valence-corrected chi connectivity index (χ1v) is 8.42. The first-order valence-electron chi connectivity index (χ1n) is 8.42. The molecule has 7 heteroatoms. The smallest absolute Gasteiger partial charge is 0.272 e. The van der Waals surface area contributed by atoms with E-state index in [1.165, 1.54) is 6.33 Å². The SMILES string of the molecule is CC(C)N1CCCn2nc(C(=O)N[C@@H](C)c3ccncn3)cc2C1. The highest BCUT2D eigenvalue weighted by Crippen LogP contribution is 2.16. The molecule has 0 aliphatic carbocycles. The minimum atomic E-state index is -0.186. The quantitative estimate of drug-likeness (QED) is 0.926. The van der Waals surface area contributed by atoms with Crippen molar-refractivity contribution < 1.29 is 4.79 Å². The zero-order valence-electron chi connectivity index (χ0n) is 14.4. The average Bonchev–Trinajstić information content (AvgIpc) is 2.87. The van der Waals surface area contributed by atoms with Crippen molar-refractivity contribution >= 4 is 5.91 Å². The number of carbonyl (C=O) groups excluding carboxylic acids is 1. The van der Waals surface area contributed by atoms with E-state index in [0.717, 1.165) is 37.4 Å². The largest absolute Gasteiger partial charge is 0.343 e. The van der Waals surface area contributed by atoms with Gasteiger partial charge >= 0.3 is 0 Å². The second-order valence-corrected chi connectivity index (χ2v) is 6.49. The maximum Gasteiger partial charge on any atom is 0.272 e. The Morgan fingerprint density at radius 2 is 2.12 bits per heavy atom. The van der Waals surface area contributed by atoms with Crippen LogP contribution in [-0.4, -0.2) is 43.1 Å². The van der Waals surface area contributed by atoms with E-state index < -0.39 is 0 Å². The number of aryl methyl sites for hydroxylation is 1. The summed E-state index contributed by atoms with van der Waals surface area (Å²) in [4.78, 5) is 23.0. The van der Waals surface area contributed by atoms with Crippen molar-refractivity contribution in [2.45, 2.75) is 52.4 Å². The minimum Gasteiger partial charge on any atom is -0.343 e. The highest BCUT2D eigenvalue weighted by atomic mass is 16.2. The number of aromatic nitrogens is 4. The molecule has 0 bridgehead atoms.